The van der Waals surface area contributed by atoms with E-state index in [1.807, 2.05) is 6.07 Å². The lowest BCUT2D eigenvalue weighted by Gasteiger charge is -2.11. The topological polar surface area (TPSA) is 46.4 Å². The lowest BCUT2D eigenvalue weighted by Crippen LogP contribution is -2.16. The van der Waals surface area contributed by atoms with E-state index in [0.29, 0.717) is 5.92 Å². The van der Waals surface area contributed by atoms with Crippen LogP contribution >= 0.6 is 11.3 Å². The van der Waals surface area contributed by atoms with Crippen molar-refractivity contribution in [3.8, 4) is 0 Å². The van der Waals surface area contributed by atoms with Crippen LogP contribution in [0.25, 0.3) is 0 Å². The van der Waals surface area contributed by atoms with Gasteiger partial charge in [-0.2, -0.15) is 5.10 Å². The number of amides is 1. The fourth-order valence-electron chi connectivity index (χ4n) is 3.26. The number of thiophene rings is 1. The molecule has 0 aromatic carbocycles. The molecule has 1 aliphatic carbocycles. The lowest BCUT2D eigenvalue weighted by atomic mass is 10.2. The number of aryl methyl sites for hydroxylation is 3. The van der Waals surface area contributed by atoms with Crippen LogP contribution < -0.4 is 5.43 Å². The van der Waals surface area contributed by atoms with Gasteiger partial charge >= 0.3 is 0 Å². The average molecular weight is 343 g/mol. The summed E-state index contributed by atoms with van der Waals surface area (Å²) in [7, 11) is 0. The van der Waals surface area contributed by atoms with Crippen molar-refractivity contribution in [1.29, 1.82) is 0 Å². The molecule has 2 heterocycles. The molecule has 1 aliphatic rings. The highest BCUT2D eigenvalue weighted by molar-refractivity contribution is 7.14. The van der Waals surface area contributed by atoms with E-state index in [-0.39, 0.29) is 5.91 Å². The van der Waals surface area contributed by atoms with Crippen LogP contribution in [0.3, 0.4) is 0 Å². The molecule has 1 amide bonds. The van der Waals surface area contributed by atoms with Gasteiger partial charge in [0.05, 0.1) is 11.1 Å². The number of nitrogens with zero attached hydrogens (tertiary/aromatic N) is 2. The summed E-state index contributed by atoms with van der Waals surface area (Å²) in [4.78, 5) is 14.4. The molecule has 2 aromatic rings. The monoisotopic (exact) mass is 343 g/mol. The Morgan fingerprint density at radius 2 is 2.17 bits per heavy atom. The third kappa shape index (κ3) is 3.46. The van der Waals surface area contributed by atoms with Gasteiger partial charge in [-0.05, 0) is 56.7 Å². The predicted octanol–water partition coefficient (Wildman–Crippen LogP) is 4.08. The maximum atomic E-state index is 12.2. The number of rotatable bonds is 5. The second-order valence-electron chi connectivity index (χ2n) is 6.94. The van der Waals surface area contributed by atoms with Gasteiger partial charge in [0.2, 0.25) is 0 Å². The summed E-state index contributed by atoms with van der Waals surface area (Å²) in [6.45, 7) is 9.63. The van der Waals surface area contributed by atoms with Crippen molar-refractivity contribution >= 4 is 23.5 Å². The number of carbonyl (C=O) groups is 1. The van der Waals surface area contributed by atoms with Crippen molar-refractivity contribution in [2.75, 3.05) is 0 Å². The first kappa shape index (κ1) is 17.0. The average Bonchev–Trinajstić information content (AvgIpc) is 3.17. The first-order valence-electron chi connectivity index (χ1n) is 8.57. The largest absolute Gasteiger partial charge is 0.348 e. The zero-order valence-electron chi connectivity index (χ0n) is 14.8. The number of hydrazone groups is 1. The van der Waals surface area contributed by atoms with Crippen LogP contribution in [0.5, 0.6) is 0 Å². The van der Waals surface area contributed by atoms with E-state index in [2.05, 4.69) is 48.9 Å². The van der Waals surface area contributed by atoms with E-state index in [1.165, 1.54) is 28.2 Å². The van der Waals surface area contributed by atoms with Gasteiger partial charge in [0.1, 0.15) is 0 Å². The maximum absolute atomic E-state index is 12.2. The standard InChI is InChI=1S/C19H25N3OS/c1-12(2)11-22-13(3)8-16(14(22)4)10-20-21-19(23)18-9-15-6-5-7-17(15)24-18/h8-10,12H,5-7,11H2,1-4H3,(H,21,23)/b20-10-. The predicted molar refractivity (Wildman–Crippen MR) is 100 cm³/mol. The van der Waals surface area contributed by atoms with Gasteiger partial charge < -0.3 is 4.57 Å². The molecule has 1 N–H and O–H groups in total. The minimum atomic E-state index is -0.110. The van der Waals surface area contributed by atoms with E-state index in [9.17, 15) is 4.79 Å². The summed E-state index contributed by atoms with van der Waals surface area (Å²) in [6.07, 6.45) is 5.17. The lowest BCUT2D eigenvalue weighted by molar-refractivity contribution is 0.0959. The molecule has 0 radical (unpaired) electrons. The van der Waals surface area contributed by atoms with Gasteiger partial charge in [-0.3, -0.25) is 4.79 Å². The zero-order valence-corrected chi connectivity index (χ0v) is 15.7. The molecule has 0 atom stereocenters. The molecule has 5 heteroatoms. The van der Waals surface area contributed by atoms with E-state index in [1.54, 1.807) is 17.6 Å². The highest BCUT2D eigenvalue weighted by Gasteiger charge is 2.18. The van der Waals surface area contributed by atoms with E-state index >= 15 is 0 Å². The highest BCUT2D eigenvalue weighted by Crippen LogP contribution is 2.30. The van der Waals surface area contributed by atoms with Crippen LogP contribution in [0.4, 0.5) is 0 Å². The highest BCUT2D eigenvalue weighted by atomic mass is 32.1. The minimum absolute atomic E-state index is 0.110. The van der Waals surface area contributed by atoms with Crippen LogP contribution in [-0.2, 0) is 19.4 Å². The minimum Gasteiger partial charge on any atom is -0.348 e. The first-order chi connectivity index (χ1) is 11.5. The first-order valence-corrected chi connectivity index (χ1v) is 9.39. The van der Waals surface area contributed by atoms with Crippen molar-refractivity contribution in [2.45, 2.75) is 53.5 Å². The third-order valence-electron chi connectivity index (χ3n) is 4.50. The Hall–Kier alpha value is -1.88. The zero-order chi connectivity index (χ0) is 17.3. The fourth-order valence-corrected chi connectivity index (χ4v) is 4.40. The summed E-state index contributed by atoms with van der Waals surface area (Å²) in [5, 5.41) is 4.16. The molecule has 4 nitrogen and oxygen atoms in total. The summed E-state index contributed by atoms with van der Waals surface area (Å²) in [5.41, 5.74) is 7.48. The van der Waals surface area contributed by atoms with Crippen LogP contribution in [0.1, 0.15) is 57.3 Å². The van der Waals surface area contributed by atoms with Crippen molar-refractivity contribution in [1.82, 2.24) is 9.99 Å². The van der Waals surface area contributed by atoms with Crippen LogP contribution in [0, 0.1) is 19.8 Å². The molecule has 0 fully saturated rings. The van der Waals surface area contributed by atoms with Gasteiger partial charge in [0, 0.05) is 28.4 Å². The van der Waals surface area contributed by atoms with Crippen molar-refractivity contribution in [3.05, 3.63) is 44.4 Å². The molecule has 0 spiro atoms. The third-order valence-corrected chi connectivity index (χ3v) is 5.74. The summed E-state index contributed by atoms with van der Waals surface area (Å²) in [6, 6.07) is 4.14. The van der Waals surface area contributed by atoms with Crippen LogP contribution in [-0.4, -0.2) is 16.7 Å². The van der Waals surface area contributed by atoms with Gasteiger partial charge in [0.15, 0.2) is 0 Å². The molecule has 24 heavy (non-hydrogen) atoms. The number of carbonyl (C=O) groups excluding carboxylic acids is 1. The summed E-state index contributed by atoms with van der Waals surface area (Å²) >= 11 is 1.60. The molecule has 0 saturated carbocycles. The summed E-state index contributed by atoms with van der Waals surface area (Å²) in [5.74, 6) is 0.488. The second-order valence-corrected chi connectivity index (χ2v) is 8.08. The molecular weight excluding hydrogens is 318 g/mol. The second kappa shape index (κ2) is 6.93. The van der Waals surface area contributed by atoms with E-state index in [0.717, 1.165) is 29.8 Å². The molecule has 128 valence electrons. The number of hydrogen-bond acceptors (Lipinski definition) is 3. The Bertz CT molecular complexity index is 761. The quantitative estimate of drug-likeness (QED) is 0.645. The van der Waals surface area contributed by atoms with E-state index < -0.39 is 0 Å². The Balaban J connectivity index is 1.66. The molecule has 0 unspecified atom stereocenters. The maximum Gasteiger partial charge on any atom is 0.281 e. The summed E-state index contributed by atoms with van der Waals surface area (Å²) < 4.78 is 2.30. The van der Waals surface area contributed by atoms with Crippen molar-refractivity contribution < 1.29 is 4.79 Å². The molecule has 0 aliphatic heterocycles. The Labute approximate surface area is 147 Å². The smallest absolute Gasteiger partial charge is 0.281 e. The SMILES string of the molecule is Cc1cc(/C=N\NC(=O)c2cc3c(s2)CCC3)c(C)n1CC(C)C. The number of nitrogens with one attached hydrogen (secondary N) is 1. The van der Waals surface area contributed by atoms with Gasteiger partial charge in [0.25, 0.3) is 5.91 Å². The molecule has 2 aromatic heterocycles. The number of aromatic nitrogens is 1. The Kier molecular flexibility index (Phi) is 4.90. The van der Waals surface area contributed by atoms with Gasteiger partial charge in [-0.25, -0.2) is 5.43 Å². The Morgan fingerprint density at radius 3 is 2.88 bits per heavy atom. The van der Waals surface area contributed by atoms with Crippen LogP contribution in [0.15, 0.2) is 17.2 Å². The number of hydrogen-bond donors (Lipinski definition) is 1. The van der Waals surface area contributed by atoms with Gasteiger partial charge in [-0.15, -0.1) is 11.3 Å². The van der Waals surface area contributed by atoms with Crippen molar-refractivity contribution in [3.63, 3.8) is 0 Å². The van der Waals surface area contributed by atoms with Gasteiger partial charge in [-0.1, -0.05) is 13.8 Å². The molecule has 0 bridgehead atoms. The fraction of sp³-hybridized carbons (Fsp3) is 0.474. The normalized spacial score (nSPS) is 13.9. The molecule has 3 rings (SSSR count). The number of fused-ring (bicyclic) bond motifs is 1. The molecular formula is C19H25N3OS. The molecule has 0 saturated heterocycles. The Morgan fingerprint density at radius 1 is 1.38 bits per heavy atom. The van der Waals surface area contributed by atoms with Crippen molar-refractivity contribution in [2.24, 2.45) is 11.0 Å². The van der Waals surface area contributed by atoms with E-state index in [4.69, 9.17) is 0 Å². The van der Waals surface area contributed by atoms with Crippen LogP contribution in [0.2, 0.25) is 0 Å².